The molecule has 2 aromatic carbocycles. The fourth-order valence-electron chi connectivity index (χ4n) is 3.35. The second kappa shape index (κ2) is 9.51. The maximum atomic E-state index is 14.1. The Morgan fingerprint density at radius 2 is 1.83 bits per heavy atom. The molecule has 0 radical (unpaired) electrons. The van der Waals surface area contributed by atoms with Gasteiger partial charge >= 0.3 is 0 Å². The molecule has 1 aliphatic heterocycles. The summed E-state index contributed by atoms with van der Waals surface area (Å²) in [4.78, 5) is 0. The summed E-state index contributed by atoms with van der Waals surface area (Å²) in [7, 11) is 1.35. The van der Waals surface area contributed by atoms with Gasteiger partial charge in [-0.25, -0.2) is 4.39 Å². The zero-order chi connectivity index (χ0) is 21.0. The van der Waals surface area contributed by atoms with Gasteiger partial charge in [0.25, 0.3) is 0 Å². The lowest BCUT2D eigenvalue weighted by Gasteiger charge is -2.36. The van der Waals surface area contributed by atoms with Gasteiger partial charge in [0, 0.05) is 12.0 Å². The Labute approximate surface area is 167 Å². The van der Waals surface area contributed by atoms with E-state index in [0.717, 1.165) is 5.56 Å². The fourth-order valence-corrected chi connectivity index (χ4v) is 3.35. The predicted octanol–water partition coefficient (Wildman–Crippen LogP) is 1.13. The summed E-state index contributed by atoms with van der Waals surface area (Å²) in [6.07, 6.45) is -3.41. The summed E-state index contributed by atoms with van der Waals surface area (Å²) in [5, 5.41) is 38.5. The van der Waals surface area contributed by atoms with Crippen molar-refractivity contribution in [1.82, 2.24) is 0 Å². The molecule has 0 bridgehead atoms. The van der Waals surface area contributed by atoms with Crippen molar-refractivity contribution >= 4 is 0 Å². The van der Waals surface area contributed by atoms with E-state index in [1.54, 1.807) is 30.3 Å². The Morgan fingerprint density at radius 1 is 1.10 bits per heavy atom. The first-order valence-corrected chi connectivity index (χ1v) is 9.29. The average Bonchev–Trinajstić information content (AvgIpc) is 2.72. The molecule has 158 valence electrons. The van der Waals surface area contributed by atoms with E-state index in [9.17, 15) is 24.8 Å². The van der Waals surface area contributed by atoms with E-state index in [-0.39, 0.29) is 25.4 Å². The number of ether oxygens (including phenoxy) is 3. The van der Waals surface area contributed by atoms with Crippen LogP contribution in [0.4, 0.5) is 4.39 Å². The lowest BCUT2D eigenvalue weighted by atomic mass is 10.0. The van der Waals surface area contributed by atoms with Crippen LogP contribution in [0, 0.1) is 5.82 Å². The first kappa shape index (κ1) is 21.5. The quantitative estimate of drug-likeness (QED) is 0.544. The van der Waals surface area contributed by atoms with Gasteiger partial charge in [0.2, 0.25) is 6.29 Å². The molecular formula is C21H25FO7. The first-order valence-electron chi connectivity index (χ1n) is 9.29. The zero-order valence-corrected chi connectivity index (χ0v) is 16.0. The molecule has 0 saturated carbocycles. The molecule has 0 unspecified atom stereocenters. The summed E-state index contributed by atoms with van der Waals surface area (Å²) < 4.78 is 30.2. The Bertz CT molecular complexity index is 811. The summed E-state index contributed by atoms with van der Waals surface area (Å²) in [6.45, 7) is -0.609. The van der Waals surface area contributed by atoms with Crippen molar-refractivity contribution < 1.29 is 39.0 Å². The molecule has 0 amide bonds. The highest BCUT2D eigenvalue weighted by molar-refractivity contribution is 5.40. The van der Waals surface area contributed by atoms with Crippen molar-refractivity contribution in [3.63, 3.8) is 0 Å². The van der Waals surface area contributed by atoms with Gasteiger partial charge in [0.05, 0.1) is 32.5 Å². The SMILES string of the molecule is COc1c(F)cc(Cc2ccc(O[C@H]3O[C@H](CO)C[C@H](O)[C@H]3O)cc2)cc1CO. The molecule has 0 spiro atoms. The van der Waals surface area contributed by atoms with E-state index in [1.165, 1.54) is 13.2 Å². The normalized spacial score (nSPS) is 24.3. The third kappa shape index (κ3) is 5.04. The molecule has 8 heteroatoms. The standard InChI is InChI=1S/C21H25FO7/c1-27-20-14(10-23)7-13(8-17(20)22)6-12-2-4-15(5-3-12)28-21-19(26)18(25)9-16(11-24)29-21/h2-5,7-8,16,18-19,21,23-26H,6,9-11H2,1H3/t16-,18-,19+,21-/m0/s1. The second-order valence-corrected chi connectivity index (χ2v) is 6.97. The minimum Gasteiger partial charge on any atom is -0.493 e. The molecular weight excluding hydrogens is 383 g/mol. The molecule has 1 fully saturated rings. The van der Waals surface area contributed by atoms with Gasteiger partial charge < -0.3 is 34.6 Å². The van der Waals surface area contributed by atoms with Crippen molar-refractivity contribution in [2.75, 3.05) is 13.7 Å². The van der Waals surface area contributed by atoms with Crippen LogP contribution in [0.5, 0.6) is 11.5 Å². The van der Waals surface area contributed by atoms with Crippen LogP contribution in [0.1, 0.15) is 23.1 Å². The van der Waals surface area contributed by atoms with E-state index in [1.807, 2.05) is 0 Å². The lowest BCUT2D eigenvalue weighted by Crippen LogP contribution is -2.51. The third-order valence-corrected chi connectivity index (χ3v) is 4.85. The maximum Gasteiger partial charge on any atom is 0.229 e. The molecule has 29 heavy (non-hydrogen) atoms. The molecule has 3 rings (SSSR count). The third-order valence-electron chi connectivity index (χ3n) is 4.85. The van der Waals surface area contributed by atoms with Crippen LogP contribution in [-0.4, -0.2) is 58.7 Å². The number of halogens is 1. The largest absolute Gasteiger partial charge is 0.493 e. The number of methoxy groups -OCH3 is 1. The highest BCUT2D eigenvalue weighted by atomic mass is 19.1. The van der Waals surface area contributed by atoms with Gasteiger partial charge in [0.1, 0.15) is 11.9 Å². The van der Waals surface area contributed by atoms with E-state index in [4.69, 9.17) is 14.2 Å². The maximum absolute atomic E-state index is 14.1. The molecule has 4 atom stereocenters. The van der Waals surface area contributed by atoms with E-state index >= 15 is 0 Å². The van der Waals surface area contributed by atoms with Crippen LogP contribution < -0.4 is 9.47 Å². The average molecular weight is 408 g/mol. The molecule has 2 aromatic rings. The Balaban J connectivity index is 1.68. The van der Waals surface area contributed by atoms with Gasteiger partial charge in [-0.05, 0) is 41.8 Å². The van der Waals surface area contributed by atoms with Crippen LogP contribution in [0.15, 0.2) is 36.4 Å². The van der Waals surface area contributed by atoms with Crippen LogP contribution in [-0.2, 0) is 17.8 Å². The zero-order valence-electron chi connectivity index (χ0n) is 16.0. The van der Waals surface area contributed by atoms with Crippen molar-refractivity contribution in [3.8, 4) is 11.5 Å². The van der Waals surface area contributed by atoms with E-state index in [2.05, 4.69) is 0 Å². The Kier molecular flexibility index (Phi) is 7.05. The minimum absolute atomic E-state index is 0.0365. The van der Waals surface area contributed by atoms with Gasteiger partial charge in [-0.3, -0.25) is 0 Å². The number of rotatable bonds is 7. The van der Waals surface area contributed by atoms with Crippen molar-refractivity contribution in [1.29, 1.82) is 0 Å². The second-order valence-electron chi connectivity index (χ2n) is 6.97. The van der Waals surface area contributed by atoms with Crippen LogP contribution in [0.3, 0.4) is 0 Å². The monoisotopic (exact) mass is 408 g/mol. The Morgan fingerprint density at radius 3 is 2.45 bits per heavy atom. The van der Waals surface area contributed by atoms with Gasteiger partial charge in [0.15, 0.2) is 11.6 Å². The molecule has 1 heterocycles. The van der Waals surface area contributed by atoms with Gasteiger partial charge in [-0.1, -0.05) is 12.1 Å². The van der Waals surface area contributed by atoms with Crippen molar-refractivity contribution in [2.24, 2.45) is 0 Å². The molecule has 7 nitrogen and oxygen atoms in total. The van der Waals surface area contributed by atoms with Gasteiger partial charge in [-0.15, -0.1) is 0 Å². The summed E-state index contributed by atoms with van der Waals surface area (Å²) >= 11 is 0. The Hall–Kier alpha value is -2.23. The van der Waals surface area contributed by atoms with Gasteiger partial charge in [-0.2, -0.15) is 0 Å². The summed E-state index contributed by atoms with van der Waals surface area (Å²) in [5.74, 6) is -0.0793. The smallest absolute Gasteiger partial charge is 0.229 e. The molecule has 1 saturated heterocycles. The first-order chi connectivity index (χ1) is 13.9. The van der Waals surface area contributed by atoms with Crippen LogP contribution >= 0.6 is 0 Å². The molecule has 0 aromatic heterocycles. The van der Waals surface area contributed by atoms with Crippen LogP contribution in [0.25, 0.3) is 0 Å². The highest BCUT2D eigenvalue weighted by Gasteiger charge is 2.38. The van der Waals surface area contributed by atoms with E-state index in [0.29, 0.717) is 23.3 Å². The molecule has 0 aliphatic carbocycles. The number of aliphatic hydroxyl groups is 4. The summed E-state index contributed by atoms with van der Waals surface area (Å²) in [5.41, 5.74) is 1.94. The highest BCUT2D eigenvalue weighted by Crippen LogP contribution is 2.27. The minimum atomic E-state index is -1.23. The lowest BCUT2D eigenvalue weighted by molar-refractivity contribution is -0.240. The summed E-state index contributed by atoms with van der Waals surface area (Å²) in [6, 6.07) is 9.97. The topological polar surface area (TPSA) is 109 Å². The molecule has 4 N–H and O–H groups in total. The number of hydrogen-bond acceptors (Lipinski definition) is 7. The fraction of sp³-hybridized carbons (Fsp3) is 0.429. The van der Waals surface area contributed by atoms with Crippen LogP contribution in [0.2, 0.25) is 0 Å². The molecule has 1 aliphatic rings. The van der Waals surface area contributed by atoms with Crippen molar-refractivity contribution in [3.05, 3.63) is 58.9 Å². The number of aliphatic hydroxyl groups excluding tert-OH is 4. The van der Waals surface area contributed by atoms with Crippen molar-refractivity contribution in [2.45, 2.75) is 44.1 Å². The number of hydrogen-bond donors (Lipinski definition) is 4. The van der Waals surface area contributed by atoms with E-state index < -0.39 is 30.4 Å². The predicted molar refractivity (Wildman–Crippen MR) is 101 cm³/mol. The number of benzene rings is 2.